The Labute approximate surface area is 123 Å². The molecule has 0 saturated heterocycles. The van der Waals surface area contributed by atoms with Crippen LogP contribution in [0.1, 0.15) is 21.5 Å². The molecule has 20 heavy (non-hydrogen) atoms. The highest BCUT2D eigenvalue weighted by molar-refractivity contribution is 6.31. The standard InChI is InChI=1S/C17H15ClO2/c1-2-6-14-9-16(18)10-15(11-19)17(14)20-12-13-7-4-3-5-8-13/h2-5,7-11H,1,6,12H2. The second-order valence-electron chi connectivity index (χ2n) is 4.37. The average Bonchev–Trinajstić information content (AvgIpc) is 2.47. The van der Waals surface area contributed by atoms with E-state index in [2.05, 4.69) is 6.58 Å². The molecule has 0 radical (unpaired) electrons. The summed E-state index contributed by atoms with van der Waals surface area (Å²) in [6, 6.07) is 13.2. The zero-order chi connectivity index (χ0) is 14.4. The Morgan fingerprint density at radius 3 is 2.60 bits per heavy atom. The molecule has 0 aliphatic heterocycles. The molecule has 0 fully saturated rings. The van der Waals surface area contributed by atoms with Crippen LogP contribution in [0.15, 0.2) is 55.1 Å². The third kappa shape index (κ3) is 3.49. The minimum atomic E-state index is 0.410. The van der Waals surface area contributed by atoms with Gasteiger partial charge in [0.1, 0.15) is 12.4 Å². The Kier molecular flexibility index (Phi) is 4.97. The highest BCUT2D eigenvalue weighted by Gasteiger charge is 2.11. The largest absolute Gasteiger partial charge is 0.488 e. The molecule has 2 aromatic rings. The molecular weight excluding hydrogens is 272 g/mol. The summed E-state index contributed by atoms with van der Waals surface area (Å²) >= 11 is 6.00. The normalized spacial score (nSPS) is 10.1. The van der Waals surface area contributed by atoms with Crippen molar-refractivity contribution in [2.75, 3.05) is 0 Å². The smallest absolute Gasteiger partial charge is 0.153 e. The molecular formula is C17H15ClO2. The van der Waals surface area contributed by atoms with Gasteiger partial charge in [-0.1, -0.05) is 48.0 Å². The molecule has 0 aliphatic rings. The van der Waals surface area contributed by atoms with Crippen molar-refractivity contribution < 1.29 is 9.53 Å². The molecule has 0 bridgehead atoms. The molecule has 0 N–H and O–H groups in total. The van der Waals surface area contributed by atoms with Crippen LogP contribution in [0.5, 0.6) is 5.75 Å². The lowest BCUT2D eigenvalue weighted by atomic mass is 10.1. The zero-order valence-corrected chi connectivity index (χ0v) is 11.8. The highest BCUT2D eigenvalue weighted by Crippen LogP contribution is 2.28. The number of ether oxygens (including phenoxy) is 1. The van der Waals surface area contributed by atoms with Crippen molar-refractivity contribution in [3.8, 4) is 5.75 Å². The lowest BCUT2D eigenvalue weighted by molar-refractivity contribution is 0.111. The third-order valence-corrected chi connectivity index (χ3v) is 3.09. The van der Waals surface area contributed by atoms with Gasteiger partial charge in [-0.15, -0.1) is 6.58 Å². The molecule has 0 aromatic heterocycles. The summed E-state index contributed by atoms with van der Waals surface area (Å²) in [5, 5.41) is 0.524. The van der Waals surface area contributed by atoms with Gasteiger partial charge in [0.2, 0.25) is 0 Å². The minimum absolute atomic E-state index is 0.410. The molecule has 0 aliphatic carbocycles. The molecule has 0 saturated carbocycles. The minimum Gasteiger partial charge on any atom is -0.488 e. The quantitative estimate of drug-likeness (QED) is 0.579. The second-order valence-corrected chi connectivity index (χ2v) is 4.80. The average molecular weight is 287 g/mol. The predicted octanol–water partition coefficient (Wildman–Crippen LogP) is 4.46. The van der Waals surface area contributed by atoms with Gasteiger partial charge in [0, 0.05) is 10.6 Å². The van der Waals surface area contributed by atoms with E-state index in [4.69, 9.17) is 16.3 Å². The van der Waals surface area contributed by atoms with Gasteiger partial charge in [0.05, 0.1) is 5.56 Å². The predicted molar refractivity (Wildman–Crippen MR) is 81.5 cm³/mol. The summed E-state index contributed by atoms with van der Waals surface area (Å²) in [5.41, 5.74) is 2.37. The molecule has 2 aromatic carbocycles. The molecule has 0 unspecified atom stereocenters. The number of carbonyl (C=O) groups excluding carboxylic acids is 1. The van der Waals surface area contributed by atoms with E-state index < -0.39 is 0 Å². The molecule has 0 amide bonds. The zero-order valence-electron chi connectivity index (χ0n) is 11.0. The Morgan fingerprint density at radius 2 is 1.95 bits per heavy atom. The summed E-state index contributed by atoms with van der Waals surface area (Å²) < 4.78 is 5.82. The summed E-state index contributed by atoms with van der Waals surface area (Å²) in [6.07, 6.45) is 3.12. The summed E-state index contributed by atoms with van der Waals surface area (Å²) in [7, 11) is 0. The Balaban J connectivity index is 2.28. The number of hydrogen-bond acceptors (Lipinski definition) is 2. The number of benzene rings is 2. The maximum atomic E-state index is 11.2. The van der Waals surface area contributed by atoms with Gasteiger partial charge in [-0.2, -0.15) is 0 Å². The molecule has 3 heteroatoms. The van der Waals surface area contributed by atoms with Crippen LogP contribution in [0.3, 0.4) is 0 Å². The molecule has 0 atom stereocenters. The van der Waals surface area contributed by atoms with Crippen molar-refractivity contribution in [3.63, 3.8) is 0 Å². The van der Waals surface area contributed by atoms with Crippen LogP contribution in [0.4, 0.5) is 0 Å². The van der Waals surface area contributed by atoms with Gasteiger partial charge in [-0.05, 0) is 24.1 Å². The topological polar surface area (TPSA) is 26.3 Å². The van der Waals surface area contributed by atoms with E-state index in [9.17, 15) is 4.79 Å². The Morgan fingerprint density at radius 1 is 1.20 bits per heavy atom. The summed E-state index contributed by atoms with van der Waals surface area (Å²) in [6.45, 7) is 4.12. The number of rotatable bonds is 6. The van der Waals surface area contributed by atoms with Gasteiger partial charge >= 0.3 is 0 Å². The second kappa shape index (κ2) is 6.92. The van der Waals surface area contributed by atoms with Crippen molar-refractivity contribution in [3.05, 3.63) is 76.8 Å². The first kappa shape index (κ1) is 14.4. The van der Waals surface area contributed by atoms with E-state index in [-0.39, 0.29) is 0 Å². The first-order chi connectivity index (χ1) is 9.74. The molecule has 0 spiro atoms. The number of allylic oxidation sites excluding steroid dienone is 1. The van der Waals surface area contributed by atoms with Gasteiger partial charge in [0.15, 0.2) is 6.29 Å². The lowest BCUT2D eigenvalue weighted by Gasteiger charge is -2.13. The highest BCUT2D eigenvalue weighted by atomic mass is 35.5. The SMILES string of the molecule is C=CCc1cc(Cl)cc(C=O)c1OCc1ccccc1. The fraction of sp³-hybridized carbons (Fsp3) is 0.118. The van der Waals surface area contributed by atoms with Crippen molar-refractivity contribution in [2.24, 2.45) is 0 Å². The first-order valence-electron chi connectivity index (χ1n) is 6.30. The van der Waals surface area contributed by atoms with Crippen LogP contribution in [-0.4, -0.2) is 6.29 Å². The van der Waals surface area contributed by atoms with Crippen LogP contribution in [0.2, 0.25) is 5.02 Å². The fourth-order valence-corrected chi connectivity index (χ4v) is 2.22. The van der Waals surface area contributed by atoms with Crippen molar-refractivity contribution in [1.29, 1.82) is 0 Å². The van der Waals surface area contributed by atoms with Gasteiger partial charge in [-0.25, -0.2) is 0 Å². The maximum absolute atomic E-state index is 11.2. The van der Waals surface area contributed by atoms with Gasteiger partial charge in [0.25, 0.3) is 0 Å². The number of hydrogen-bond donors (Lipinski definition) is 0. The van der Waals surface area contributed by atoms with Crippen molar-refractivity contribution in [1.82, 2.24) is 0 Å². The number of halogens is 1. The Hall–Kier alpha value is -2.06. The number of aldehydes is 1. The van der Waals surface area contributed by atoms with E-state index in [0.717, 1.165) is 17.4 Å². The van der Waals surface area contributed by atoms with Crippen molar-refractivity contribution >= 4 is 17.9 Å². The van der Waals surface area contributed by atoms with E-state index in [1.54, 1.807) is 18.2 Å². The van der Waals surface area contributed by atoms with E-state index in [1.165, 1.54) is 0 Å². The van der Waals surface area contributed by atoms with Crippen LogP contribution in [0, 0.1) is 0 Å². The van der Waals surface area contributed by atoms with Crippen molar-refractivity contribution in [2.45, 2.75) is 13.0 Å². The van der Waals surface area contributed by atoms with Crippen LogP contribution in [0.25, 0.3) is 0 Å². The third-order valence-electron chi connectivity index (χ3n) is 2.88. The van der Waals surface area contributed by atoms with E-state index >= 15 is 0 Å². The maximum Gasteiger partial charge on any atom is 0.153 e. The van der Waals surface area contributed by atoms with Crippen LogP contribution >= 0.6 is 11.6 Å². The fourth-order valence-electron chi connectivity index (χ4n) is 1.97. The molecule has 2 rings (SSSR count). The van der Waals surface area contributed by atoms with E-state index in [1.807, 2.05) is 30.3 Å². The molecule has 0 heterocycles. The molecule has 2 nitrogen and oxygen atoms in total. The Bertz CT molecular complexity index is 606. The van der Waals surface area contributed by atoms with Gasteiger partial charge in [-0.3, -0.25) is 4.79 Å². The summed E-state index contributed by atoms with van der Waals surface area (Å²) in [4.78, 5) is 11.2. The van der Waals surface area contributed by atoms with Crippen LogP contribution < -0.4 is 4.74 Å². The monoisotopic (exact) mass is 286 g/mol. The summed E-state index contributed by atoms with van der Waals surface area (Å²) in [5.74, 6) is 0.577. The first-order valence-corrected chi connectivity index (χ1v) is 6.67. The van der Waals surface area contributed by atoms with Gasteiger partial charge < -0.3 is 4.74 Å². The van der Waals surface area contributed by atoms with E-state index in [0.29, 0.717) is 29.4 Å². The lowest BCUT2D eigenvalue weighted by Crippen LogP contribution is -2.02. The van der Waals surface area contributed by atoms with Crippen LogP contribution in [-0.2, 0) is 13.0 Å². The molecule has 102 valence electrons. The number of carbonyl (C=O) groups is 1.